The summed E-state index contributed by atoms with van der Waals surface area (Å²) in [5.41, 5.74) is 1.85. The summed E-state index contributed by atoms with van der Waals surface area (Å²) < 4.78 is 39.9. The Morgan fingerprint density at radius 3 is 2.36 bits per heavy atom. The van der Waals surface area contributed by atoms with Gasteiger partial charge < -0.3 is 4.74 Å². The zero-order valence-electron chi connectivity index (χ0n) is 11.1. The van der Waals surface area contributed by atoms with Crippen molar-refractivity contribution in [1.29, 1.82) is 0 Å². The molecule has 1 aromatic heterocycles. The number of alkyl halides is 3. The van der Waals surface area contributed by atoms with E-state index < -0.39 is 6.36 Å². The van der Waals surface area contributed by atoms with E-state index in [2.05, 4.69) is 14.7 Å². The molecule has 0 radical (unpaired) electrons. The van der Waals surface area contributed by atoms with Crippen molar-refractivity contribution in [3.63, 3.8) is 0 Å². The highest BCUT2D eigenvalue weighted by molar-refractivity contribution is 9.09. The molecule has 0 fully saturated rings. The highest BCUT2D eigenvalue weighted by atomic mass is 33.5. The summed E-state index contributed by atoms with van der Waals surface area (Å²) in [5.74, 6) is 1.25. The van der Waals surface area contributed by atoms with Gasteiger partial charge in [0.2, 0.25) is 0 Å². The van der Waals surface area contributed by atoms with E-state index in [1.165, 1.54) is 12.1 Å². The molecule has 1 aromatic carbocycles. The van der Waals surface area contributed by atoms with Crippen molar-refractivity contribution in [3.8, 4) is 5.75 Å². The number of benzene rings is 1. The molecule has 2 aromatic rings. The summed E-state index contributed by atoms with van der Waals surface area (Å²) in [7, 11) is 4.86. The molecule has 22 heavy (non-hydrogen) atoms. The number of aromatic nitrogens is 2. The Hall–Kier alpha value is -1.06. The van der Waals surface area contributed by atoms with Crippen LogP contribution in [0.1, 0.15) is 11.3 Å². The molecule has 0 unspecified atom stereocenters. The van der Waals surface area contributed by atoms with Crippen LogP contribution in [-0.4, -0.2) is 16.3 Å². The summed E-state index contributed by atoms with van der Waals surface area (Å²) in [6, 6.07) is 5.89. The van der Waals surface area contributed by atoms with Gasteiger partial charge in [0.15, 0.2) is 0 Å². The maximum Gasteiger partial charge on any atom is 0.573 e. The Morgan fingerprint density at radius 2 is 1.73 bits per heavy atom. The van der Waals surface area contributed by atoms with Crippen LogP contribution in [-0.2, 0) is 11.5 Å². The van der Waals surface area contributed by atoms with Crippen molar-refractivity contribution in [2.24, 2.45) is 0 Å². The van der Waals surface area contributed by atoms with Crippen LogP contribution in [0, 0.1) is 0 Å². The minimum absolute atomic E-state index is 0.203. The van der Waals surface area contributed by atoms with Gasteiger partial charge in [-0.15, -0.1) is 13.2 Å². The lowest BCUT2D eigenvalue weighted by molar-refractivity contribution is -0.274. The van der Waals surface area contributed by atoms with E-state index in [9.17, 15) is 13.2 Å². The molecule has 9 heteroatoms. The summed E-state index contributed by atoms with van der Waals surface area (Å²) in [6.45, 7) is 0. The second kappa shape index (κ2) is 8.54. The van der Waals surface area contributed by atoms with Crippen molar-refractivity contribution in [2.45, 2.75) is 17.9 Å². The minimum Gasteiger partial charge on any atom is -0.406 e. The average molecular weight is 364 g/mol. The van der Waals surface area contributed by atoms with Gasteiger partial charge >= 0.3 is 6.36 Å². The Bertz CT molecular complexity index is 567. The predicted molar refractivity (Wildman–Crippen MR) is 85.3 cm³/mol. The Balaban J connectivity index is 1.67. The van der Waals surface area contributed by atoms with Gasteiger partial charge in [-0.3, -0.25) is 9.97 Å². The van der Waals surface area contributed by atoms with Gasteiger partial charge in [-0.1, -0.05) is 33.7 Å². The lowest BCUT2D eigenvalue weighted by Gasteiger charge is -2.09. The molecule has 2 rings (SSSR count). The van der Waals surface area contributed by atoms with Crippen LogP contribution in [0.15, 0.2) is 42.9 Å². The zero-order chi connectivity index (χ0) is 15.8. The van der Waals surface area contributed by atoms with Crippen molar-refractivity contribution in [2.75, 3.05) is 0 Å². The molecule has 0 saturated heterocycles. The van der Waals surface area contributed by atoms with Crippen molar-refractivity contribution in [3.05, 3.63) is 54.1 Å². The monoisotopic (exact) mass is 364 g/mol. The molecule has 0 aliphatic rings. The van der Waals surface area contributed by atoms with Crippen molar-refractivity contribution < 1.29 is 17.9 Å². The molecule has 118 valence electrons. The van der Waals surface area contributed by atoms with Gasteiger partial charge in [-0.05, 0) is 27.5 Å². The van der Waals surface area contributed by atoms with E-state index in [1.54, 1.807) is 62.1 Å². The molecule has 0 N–H and O–H groups in total. The number of nitrogens with zero attached hydrogens (tertiary/aromatic N) is 2. The maximum atomic E-state index is 12.0. The van der Waals surface area contributed by atoms with Crippen LogP contribution in [0.25, 0.3) is 0 Å². The molecule has 0 spiro atoms. The lowest BCUT2D eigenvalue weighted by Crippen LogP contribution is -2.16. The molecule has 0 saturated carbocycles. The third-order valence-electron chi connectivity index (χ3n) is 2.30. The van der Waals surface area contributed by atoms with Gasteiger partial charge in [-0.2, -0.15) is 0 Å². The second-order valence-corrected chi connectivity index (χ2v) is 8.21. The summed E-state index contributed by atoms with van der Waals surface area (Å²) in [5, 5.41) is 0. The topological polar surface area (TPSA) is 35.0 Å². The fourth-order valence-corrected chi connectivity index (χ4v) is 4.91. The Kier molecular flexibility index (Phi) is 6.71. The molecule has 0 aliphatic carbocycles. The summed E-state index contributed by atoms with van der Waals surface area (Å²) in [6.07, 6.45) is 0.348. The first-order valence-corrected chi connectivity index (χ1v) is 9.86. The van der Waals surface area contributed by atoms with E-state index in [0.717, 1.165) is 17.0 Å². The largest absolute Gasteiger partial charge is 0.573 e. The van der Waals surface area contributed by atoms with Gasteiger partial charge in [0.25, 0.3) is 0 Å². The van der Waals surface area contributed by atoms with Crippen molar-refractivity contribution in [1.82, 2.24) is 9.97 Å². The molecule has 0 aliphatic heterocycles. The third kappa shape index (κ3) is 6.80. The average Bonchev–Trinajstić information content (AvgIpc) is 2.48. The molecular weight excluding hydrogens is 353 g/mol. The quantitative estimate of drug-likeness (QED) is 0.502. The standard InChI is InChI=1S/C13H11F3N2OS3/c14-13(15,16)19-12-3-1-10(2-4-12)8-20-22-21-9-11-7-17-5-6-18-11/h1-7H,8-9H2. The van der Waals surface area contributed by atoms with Gasteiger partial charge in [0.05, 0.1) is 5.69 Å². The molecule has 3 nitrogen and oxygen atoms in total. The number of hydrogen-bond donors (Lipinski definition) is 0. The maximum absolute atomic E-state index is 12.0. The normalized spacial score (nSPS) is 11.4. The molecular formula is C13H11F3N2OS3. The molecule has 1 heterocycles. The van der Waals surface area contributed by atoms with E-state index in [-0.39, 0.29) is 5.75 Å². The first-order chi connectivity index (χ1) is 10.5. The van der Waals surface area contributed by atoms with E-state index in [1.807, 2.05) is 0 Å². The summed E-state index contributed by atoms with van der Waals surface area (Å²) >= 11 is 0. The fraction of sp³-hybridized carbons (Fsp3) is 0.231. The number of hydrogen-bond acceptors (Lipinski definition) is 6. The van der Waals surface area contributed by atoms with Crippen LogP contribution in [0.2, 0.25) is 0 Å². The molecule has 0 bridgehead atoms. The van der Waals surface area contributed by atoms with Crippen LogP contribution >= 0.6 is 31.4 Å². The zero-order valence-corrected chi connectivity index (χ0v) is 13.6. The van der Waals surface area contributed by atoms with Crippen LogP contribution in [0.3, 0.4) is 0 Å². The van der Waals surface area contributed by atoms with Gasteiger partial charge in [-0.25, -0.2) is 0 Å². The molecule has 0 atom stereocenters. The van der Waals surface area contributed by atoms with Crippen LogP contribution in [0.4, 0.5) is 13.2 Å². The molecule has 0 amide bonds. The number of halogens is 3. The number of ether oxygens (including phenoxy) is 1. The predicted octanol–water partition coefficient (Wildman–Crippen LogP) is 5.11. The number of rotatable bonds is 7. The fourth-order valence-electron chi connectivity index (χ4n) is 1.40. The van der Waals surface area contributed by atoms with Gasteiger partial charge in [0.1, 0.15) is 5.75 Å². The third-order valence-corrected chi connectivity index (χ3v) is 6.38. The minimum atomic E-state index is -4.65. The first kappa shape index (κ1) is 17.3. The van der Waals surface area contributed by atoms with E-state index >= 15 is 0 Å². The van der Waals surface area contributed by atoms with Crippen LogP contribution in [0.5, 0.6) is 5.75 Å². The second-order valence-electron chi connectivity index (χ2n) is 3.98. The van der Waals surface area contributed by atoms with Gasteiger partial charge in [0, 0.05) is 30.1 Å². The SMILES string of the molecule is FC(F)(F)Oc1ccc(CSSSCc2cnccn2)cc1. The highest BCUT2D eigenvalue weighted by Gasteiger charge is 2.30. The summed E-state index contributed by atoms with van der Waals surface area (Å²) in [4.78, 5) is 8.14. The Morgan fingerprint density at radius 1 is 1.00 bits per heavy atom. The van der Waals surface area contributed by atoms with E-state index in [0.29, 0.717) is 5.75 Å². The van der Waals surface area contributed by atoms with Crippen LogP contribution < -0.4 is 4.74 Å². The highest BCUT2D eigenvalue weighted by Crippen LogP contribution is 2.38. The lowest BCUT2D eigenvalue weighted by atomic mass is 10.2. The smallest absolute Gasteiger partial charge is 0.406 e. The first-order valence-electron chi connectivity index (χ1n) is 6.03. The van der Waals surface area contributed by atoms with Crippen molar-refractivity contribution >= 4 is 31.4 Å². The van der Waals surface area contributed by atoms with E-state index in [4.69, 9.17) is 0 Å². The Labute approximate surface area is 137 Å².